The van der Waals surface area contributed by atoms with Crippen LogP contribution in [0.15, 0.2) is 0 Å². The number of rotatable bonds is 2. The monoisotopic (exact) mass is 277 g/mol. The Morgan fingerprint density at radius 3 is 2.59 bits per heavy atom. The molecule has 1 aromatic rings. The fraction of sp³-hybridized carbons (Fsp3) is 0.700. The highest BCUT2D eigenvalue weighted by Crippen LogP contribution is 2.37. The maximum Gasteiger partial charge on any atom is 0.152 e. The Morgan fingerprint density at radius 1 is 1.47 bits per heavy atom. The van der Waals surface area contributed by atoms with Gasteiger partial charge in [-0.2, -0.15) is 5.10 Å². The molecule has 0 radical (unpaired) electrons. The van der Waals surface area contributed by atoms with E-state index in [-0.39, 0.29) is 6.04 Å². The van der Waals surface area contributed by atoms with E-state index in [0.717, 1.165) is 12.8 Å². The van der Waals surface area contributed by atoms with Crippen LogP contribution in [0, 0.1) is 6.92 Å². The Hall–Kier alpha value is -0.750. The van der Waals surface area contributed by atoms with Gasteiger partial charge in [0.25, 0.3) is 0 Å². The molecule has 0 aromatic carbocycles. The van der Waals surface area contributed by atoms with Crippen molar-refractivity contribution in [3.63, 3.8) is 0 Å². The van der Waals surface area contributed by atoms with Crippen molar-refractivity contribution in [2.75, 3.05) is 12.0 Å². The Bertz CT molecular complexity index is 538. The molecule has 2 atom stereocenters. The molecular formula is C10H16ClN3O2S. The van der Waals surface area contributed by atoms with Crippen molar-refractivity contribution < 1.29 is 8.42 Å². The number of hydrogen-bond acceptors (Lipinski definition) is 4. The van der Waals surface area contributed by atoms with Crippen molar-refractivity contribution in [2.45, 2.75) is 37.5 Å². The summed E-state index contributed by atoms with van der Waals surface area (Å²) in [6.07, 6.45) is 3.58. The fourth-order valence-electron chi connectivity index (χ4n) is 2.48. The van der Waals surface area contributed by atoms with Gasteiger partial charge in [-0.1, -0.05) is 11.6 Å². The van der Waals surface area contributed by atoms with Crippen LogP contribution in [0.2, 0.25) is 5.02 Å². The van der Waals surface area contributed by atoms with Gasteiger partial charge in [-0.05, 0) is 26.2 Å². The van der Waals surface area contributed by atoms with Gasteiger partial charge >= 0.3 is 0 Å². The standard InChI is InChI=1S/C10H16ClN3O2S/c1-6-9(11)10(12)14(13-6)7-4-3-5-8(7)17(2,15)16/h7-8H,3-5,12H2,1-2H3. The van der Waals surface area contributed by atoms with E-state index < -0.39 is 15.1 Å². The van der Waals surface area contributed by atoms with E-state index in [2.05, 4.69) is 5.10 Å². The molecule has 0 aliphatic heterocycles. The molecule has 0 spiro atoms. The molecule has 2 N–H and O–H groups in total. The zero-order valence-corrected chi connectivity index (χ0v) is 11.4. The number of nitrogen functional groups attached to an aromatic ring is 1. The van der Waals surface area contributed by atoms with E-state index in [4.69, 9.17) is 17.3 Å². The quantitative estimate of drug-likeness (QED) is 0.890. The third-order valence-electron chi connectivity index (χ3n) is 3.33. The number of halogens is 1. The molecule has 0 saturated heterocycles. The molecule has 1 saturated carbocycles. The number of anilines is 1. The first-order valence-electron chi connectivity index (χ1n) is 5.51. The Labute approximate surface area is 106 Å². The zero-order chi connectivity index (χ0) is 12.8. The summed E-state index contributed by atoms with van der Waals surface area (Å²) in [5.41, 5.74) is 6.50. The first-order valence-corrected chi connectivity index (χ1v) is 7.84. The van der Waals surface area contributed by atoms with Crippen LogP contribution < -0.4 is 5.73 Å². The van der Waals surface area contributed by atoms with Crippen molar-refractivity contribution in [1.82, 2.24) is 9.78 Å². The molecule has 7 heteroatoms. The summed E-state index contributed by atoms with van der Waals surface area (Å²) in [5, 5.41) is 4.27. The maximum atomic E-state index is 11.7. The number of nitrogens with zero attached hydrogens (tertiary/aromatic N) is 2. The second-order valence-electron chi connectivity index (χ2n) is 4.60. The van der Waals surface area contributed by atoms with Gasteiger partial charge in [0.15, 0.2) is 9.84 Å². The van der Waals surface area contributed by atoms with Gasteiger partial charge in [-0.3, -0.25) is 0 Å². The molecule has 17 heavy (non-hydrogen) atoms. The van der Waals surface area contributed by atoms with Crippen LogP contribution in [-0.2, 0) is 9.84 Å². The number of sulfone groups is 1. The Balaban J connectivity index is 2.43. The van der Waals surface area contributed by atoms with Crippen molar-refractivity contribution in [3.05, 3.63) is 10.7 Å². The van der Waals surface area contributed by atoms with Gasteiger partial charge in [0.05, 0.1) is 17.0 Å². The second-order valence-corrected chi connectivity index (χ2v) is 7.24. The molecule has 1 aliphatic rings. The molecule has 0 amide bonds. The van der Waals surface area contributed by atoms with Crippen LogP contribution in [0.5, 0.6) is 0 Å². The van der Waals surface area contributed by atoms with Crippen molar-refractivity contribution >= 4 is 27.3 Å². The van der Waals surface area contributed by atoms with Gasteiger partial charge in [-0.15, -0.1) is 0 Å². The van der Waals surface area contributed by atoms with Crippen LogP contribution in [0.3, 0.4) is 0 Å². The summed E-state index contributed by atoms with van der Waals surface area (Å²) in [5.74, 6) is 0.365. The molecule has 2 rings (SSSR count). The molecule has 96 valence electrons. The molecule has 0 bridgehead atoms. The number of aryl methyl sites for hydroxylation is 1. The number of nitrogens with two attached hydrogens (primary N) is 1. The molecule has 1 aliphatic carbocycles. The summed E-state index contributed by atoms with van der Waals surface area (Å²) in [6, 6.07) is -0.184. The summed E-state index contributed by atoms with van der Waals surface area (Å²) in [4.78, 5) is 0. The van der Waals surface area contributed by atoms with E-state index in [0.29, 0.717) is 23.0 Å². The zero-order valence-electron chi connectivity index (χ0n) is 9.85. The lowest BCUT2D eigenvalue weighted by Crippen LogP contribution is -2.28. The predicted octanol–water partition coefficient (Wildman–Crippen LogP) is 1.57. The smallest absolute Gasteiger partial charge is 0.152 e. The summed E-state index contributed by atoms with van der Waals surface area (Å²) in [6.45, 7) is 1.76. The number of hydrogen-bond donors (Lipinski definition) is 1. The predicted molar refractivity (Wildman–Crippen MR) is 67.9 cm³/mol. The van der Waals surface area contributed by atoms with Crippen molar-refractivity contribution in [1.29, 1.82) is 0 Å². The minimum Gasteiger partial charge on any atom is -0.383 e. The summed E-state index contributed by atoms with van der Waals surface area (Å²) in [7, 11) is -3.08. The van der Waals surface area contributed by atoms with E-state index in [1.807, 2.05) is 0 Å². The van der Waals surface area contributed by atoms with E-state index in [9.17, 15) is 8.42 Å². The minimum atomic E-state index is -3.08. The Morgan fingerprint density at radius 2 is 2.12 bits per heavy atom. The highest BCUT2D eigenvalue weighted by molar-refractivity contribution is 7.91. The third-order valence-corrected chi connectivity index (χ3v) is 5.45. The average molecular weight is 278 g/mol. The lowest BCUT2D eigenvalue weighted by molar-refractivity contribution is 0.462. The largest absolute Gasteiger partial charge is 0.383 e. The average Bonchev–Trinajstić information content (AvgIpc) is 2.78. The number of aromatic nitrogens is 2. The lowest BCUT2D eigenvalue weighted by Gasteiger charge is -2.19. The third kappa shape index (κ3) is 2.15. The molecular weight excluding hydrogens is 262 g/mol. The van der Waals surface area contributed by atoms with Crippen LogP contribution in [0.1, 0.15) is 31.0 Å². The minimum absolute atomic E-state index is 0.184. The van der Waals surface area contributed by atoms with Gasteiger partial charge < -0.3 is 5.73 Å². The van der Waals surface area contributed by atoms with Crippen LogP contribution in [0.4, 0.5) is 5.82 Å². The lowest BCUT2D eigenvalue weighted by atomic mass is 10.2. The van der Waals surface area contributed by atoms with E-state index in [1.165, 1.54) is 6.26 Å². The van der Waals surface area contributed by atoms with Gasteiger partial charge in [0.1, 0.15) is 10.8 Å². The van der Waals surface area contributed by atoms with Crippen LogP contribution in [-0.4, -0.2) is 29.7 Å². The summed E-state index contributed by atoms with van der Waals surface area (Å²) >= 11 is 5.98. The Kier molecular flexibility index (Phi) is 3.12. The summed E-state index contributed by atoms with van der Waals surface area (Å²) < 4.78 is 25.0. The first-order chi connectivity index (χ1) is 7.82. The molecule has 1 aromatic heterocycles. The molecule has 2 unspecified atom stereocenters. The second kappa shape index (κ2) is 4.17. The molecule has 1 heterocycles. The highest BCUT2D eigenvalue weighted by Gasteiger charge is 2.37. The van der Waals surface area contributed by atoms with Crippen LogP contribution >= 0.6 is 11.6 Å². The topological polar surface area (TPSA) is 78.0 Å². The SMILES string of the molecule is Cc1nn(C2CCCC2S(C)(=O)=O)c(N)c1Cl. The van der Waals surface area contributed by atoms with Gasteiger partial charge in [-0.25, -0.2) is 13.1 Å². The normalized spacial score (nSPS) is 25.4. The molecule has 1 fully saturated rings. The van der Waals surface area contributed by atoms with Gasteiger partial charge in [0.2, 0.25) is 0 Å². The van der Waals surface area contributed by atoms with Crippen molar-refractivity contribution in [3.8, 4) is 0 Å². The highest BCUT2D eigenvalue weighted by atomic mass is 35.5. The molecule has 5 nitrogen and oxygen atoms in total. The van der Waals surface area contributed by atoms with Crippen molar-refractivity contribution in [2.24, 2.45) is 0 Å². The van der Waals surface area contributed by atoms with Gasteiger partial charge in [0, 0.05) is 6.26 Å². The van der Waals surface area contributed by atoms with Crippen LogP contribution in [0.25, 0.3) is 0 Å². The maximum absolute atomic E-state index is 11.7. The van der Waals surface area contributed by atoms with E-state index in [1.54, 1.807) is 11.6 Å². The fourth-order valence-corrected chi connectivity index (χ4v) is 4.02. The first kappa shape index (κ1) is 12.7. The van der Waals surface area contributed by atoms with E-state index >= 15 is 0 Å².